The zero-order valence-electron chi connectivity index (χ0n) is 14.1. The molecule has 1 aliphatic heterocycles. The standard InChI is InChI=1S/C21H19BrClNO2/c22-14-8-6-12(7-9-14)20(25)19-18-13-10-16(17(23)11-13)21(18)26-24(19)15-4-2-1-3-5-15/h1-9,13,16-19,21H,10-11H2/t13?,16?,17?,18-,19?,21?/m0/s1. The van der Waals surface area contributed by atoms with Crippen LogP contribution in [0.5, 0.6) is 0 Å². The summed E-state index contributed by atoms with van der Waals surface area (Å²) in [5.74, 6) is 1.16. The van der Waals surface area contributed by atoms with Gasteiger partial charge in [-0.25, -0.2) is 5.06 Å². The second-order valence-corrected chi connectivity index (χ2v) is 9.01. The van der Waals surface area contributed by atoms with E-state index in [0.29, 0.717) is 11.8 Å². The van der Waals surface area contributed by atoms with Gasteiger partial charge < -0.3 is 0 Å². The van der Waals surface area contributed by atoms with E-state index in [2.05, 4.69) is 15.9 Å². The fourth-order valence-electron chi connectivity index (χ4n) is 5.07. The van der Waals surface area contributed by atoms with Gasteiger partial charge in [0.05, 0.1) is 11.8 Å². The number of alkyl halides is 1. The Morgan fingerprint density at radius 2 is 1.81 bits per heavy atom. The van der Waals surface area contributed by atoms with Gasteiger partial charge in [-0.1, -0.05) is 46.3 Å². The predicted octanol–water partition coefficient (Wildman–Crippen LogP) is 5.08. The van der Waals surface area contributed by atoms with Crippen molar-refractivity contribution in [1.82, 2.24) is 0 Å². The molecule has 1 heterocycles. The lowest BCUT2D eigenvalue weighted by Gasteiger charge is -2.28. The molecule has 134 valence electrons. The maximum atomic E-state index is 13.5. The number of nitrogens with zero attached hydrogens (tertiary/aromatic N) is 1. The number of ketones is 1. The molecular formula is C21H19BrClNO2. The maximum absolute atomic E-state index is 13.5. The minimum absolute atomic E-state index is 0.0425. The molecule has 2 aromatic carbocycles. The summed E-state index contributed by atoms with van der Waals surface area (Å²) in [4.78, 5) is 19.8. The normalized spacial score (nSPS) is 34.9. The van der Waals surface area contributed by atoms with Gasteiger partial charge in [-0.2, -0.15) is 0 Å². The third kappa shape index (κ3) is 2.54. The number of hydroxylamine groups is 1. The van der Waals surface area contributed by atoms with E-state index in [4.69, 9.17) is 16.4 Å². The number of hydrogen-bond acceptors (Lipinski definition) is 3. The van der Waals surface area contributed by atoms with Gasteiger partial charge in [0, 0.05) is 27.2 Å². The van der Waals surface area contributed by atoms with Crippen LogP contribution in [0.2, 0.25) is 0 Å². The monoisotopic (exact) mass is 431 g/mol. The van der Waals surface area contributed by atoms with E-state index in [1.807, 2.05) is 59.7 Å². The molecular weight excluding hydrogens is 414 g/mol. The van der Waals surface area contributed by atoms with Crippen LogP contribution in [-0.2, 0) is 4.84 Å². The summed E-state index contributed by atoms with van der Waals surface area (Å²) in [5, 5.41) is 2.02. The van der Waals surface area contributed by atoms with Crippen LogP contribution in [0.4, 0.5) is 5.69 Å². The Morgan fingerprint density at radius 3 is 2.54 bits per heavy atom. The first-order valence-electron chi connectivity index (χ1n) is 9.08. The van der Waals surface area contributed by atoms with Crippen molar-refractivity contribution in [1.29, 1.82) is 0 Å². The molecule has 5 heteroatoms. The molecule has 2 aromatic rings. The number of rotatable bonds is 3. The molecule has 2 aliphatic carbocycles. The molecule has 26 heavy (non-hydrogen) atoms. The molecule has 2 bridgehead atoms. The first-order valence-corrected chi connectivity index (χ1v) is 10.3. The molecule has 0 amide bonds. The average molecular weight is 433 g/mol. The van der Waals surface area contributed by atoms with Gasteiger partial charge in [-0.05, 0) is 43.0 Å². The Morgan fingerprint density at radius 1 is 1.08 bits per heavy atom. The Hall–Kier alpha value is -1.36. The van der Waals surface area contributed by atoms with Crippen molar-refractivity contribution in [3.8, 4) is 0 Å². The Bertz CT molecular complexity index is 828. The lowest BCUT2D eigenvalue weighted by atomic mass is 9.79. The number of fused-ring (bicyclic) bond motifs is 5. The topological polar surface area (TPSA) is 29.5 Å². The molecule has 1 saturated heterocycles. The molecule has 0 spiro atoms. The summed E-state index contributed by atoms with van der Waals surface area (Å²) in [6.45, 7) is 0. The van der Waals surface area contributed by atoms with Gasteiger partial charge in [-0.3, -0.25) is 9.63 Å². The second kappa shape index (κ2) is 6.36. The Kier molecular flexibility index (Phi) is 4.11. The summed E-state index contributed by atoms with van der Waals surface area (Å²) in [7, 11) is 0. The minimum atomic E-state index is -0.289. The van der Waals surface area contributed by atoms with E-state index in [1.54, 1.807) is 0 Å². The van der Waals surface area contributed by atoms with Crippen LogP contribution in [0, 0.1) is 17.8 Å². The SMILES string of the molecule is O=C(c1ccc(Br)cc1)C1[C@@H]2C3CC(Cl)C(C3)C2ON1c1ccccc1. The second-order valence-electron chi connectivity index (χ2n) is 7.54. The summed E-state index contributed by atoms with van der Waals surface area (Å²) in [6, 6.07) is 17.3. The lowest BCUT2D eigenvalue weighted by Crippen LogP contribution is -2.42. The van der Waals surface area contributed by atoms with Crippen LogP contribution < -0.4 is 5.06 Å². The van der Waals surface area contributed by atoms with E-state index in [0.717, 1.165) is 28.6 Å². The van der Waals surface area contributed by atoms with Crippen LogP contribution >= 0.6 is 27.5 Å². The van der Waals surface area contributed by atoms with Gasteiger partial charge in [0.15, 0.2) is 5.78 Å². The number of halogens is 2. The summed E-state index contributed by atoms with van der Waals surface area (Å²) in [5.41, 5.74) is 1.66. The Balaban J connectivity index is 1.54. The number of hydrogen-bond donors (Lipinski definition) is 0. The Labute approximate surface area is 166 Å². The molecule has 5 unspecified atom stereocenters. The minimum Gasteiger partial charge on any atom is -0.292 e. The largest absolute Gasteiger partial charge is 0.292 e. The van der Waals surface area contributed by atoms with Crippen molar-refractivity contribution in [3.63, 3.8) is 0 Å². The summed E-state index contributed by atoms with van der Waals surface area (Å²) >= 11 is 9.99. The molecule has 3 fully saturated rings. The lowest BCUT2D eigenvalue weighted by molar-refractivity contribution is 0.0371. The van der Waals surface area contributed by atoms with Gasteiger partial charge in [0.1, 0.15) is 6.04 Å². The molecule has 0 N–H and O–H groups in total. The third-order valence-corrected chi connectivity index (χ3v) is 7.20. The first-order chi connectivity index (χ1) is 12.6. The van der Waals surface area contributed by atoms with Gasteiger partial charge in [0.25, 0.3) is 0 Å². The number of carbonyl (C=O) groups excluding carboxylic acids is 1. The smallest absolute Gasteiger partial charge is 0.188 e. The molecule has 3 nitrogen and oxygen atoms in total. The molecule has 3 aliphatic rings. The van der Waals surface area contributed by atoms with Crippen molar-refractivity contribution in [3.05, 3.63) is 64.6 Å². The van der Waals surface area contributed by atoms with Gasteiger partial charge in [0.2, 0.25) is 0 Å². The summed E-state index contributed by atoms with van der Waals surface area (Å²) < 4.78 is 0.972. The van der Waals surface area contributed by atoms with Crippen molar-refractivity contribution in [2.24, 2.45) is 17.8 Å². The predicted molar refractivity (Wildman–Crippen MR) is 105 cm³/mol. The fourth-order valence-corrected chi connectivity index (χ4v) is 5.81. The average Bonchev–Trinajstić information content (AvgIpc) is 3.32. The number of carbonyl (C=O) groups is 1. The maximum Gasteiger partial charge on any atom is 0.188 e. The van der Waals surface area contributed by atoms with E-state index in [-0.39, 0.29) is 29.2 Å². The molecule has 2 saturated carbocycles. The van der Waals surface area contributed by atoms with Crippen LogP contribution in [0.15, 0.2) is 59.1 Å². The zero-order valence-corrected chi connectivity index (χ0v) is 16.4. The van der Waals surface area contributed by atoms with Crippen molar-refractivity contribution in [2.45, 2.75) is 30.4 Å². The zero-order chi connectivity index (χ0) is 17.8. The number of benzene rings is 2. The van der Waals surface area contributed by atoms with Crippen molar-refractivity contribution < 1.29 is 9.63 Å². The van der Waals surface area contributed by atoms with E-state index in [1.165, 1.54) is 0 Å². The molecule has 0 aromatic heterocycles. The van der Waals surface area contributed by atoms with Crippen molar-refractivity contribution >= 4 is 39.0 Å². The highest BCUT2D eigenvalue weighted by Crippen LogP contribution is 2.57. The molecule has 6 atom stereocenters. The van der Waals surface area contributed by atoms with Crippen molar-refractivity contribution in [2.75, 3.05) is 5.06 Å². The van der Waals surface area contributed by atoms with Crippen LogP contribution in [0.3, 0.4) is 0 Å². The quantitative estimate of drug-likeness (QED) is 0.500. The first kappa shape index (κ1) is 16.8. The van der Waals surface area contributed by atoms with Crippen LogP contribution in [0.1, 0.15) is 23.2 Å². The highest BCUT2D eigenvalue weighted by molar-refractivity contribution is 9.10. The van der Waals surface area contributed by atoms with E-state index >= 15 is 0 Å². The van der Waals surface area contributed by atoms with Crippen LogP contribution in [0.25, 0.3) is 0 Å². The van der Waals surface area contributed by atoms with E-state index < -0.39 is 0 Å². The van der Waals surface area contributed by atoms with Gasteiger partial charge >= 0.3 is 0 Å². The number of para-hydroxylation sites is 1. The number of Topliss-reactive ketones (excluding diaryl/α,β-unsaturated/α-hetero) is 1. The third-order valence-electron chi connectivity index (χ3n) is 6.17. The molecule has 5 rings (SSSR count). The summed E-state index contributed by atoms with van der Waals surface area (Å²) in [6.07, 6.45) is 2.11. The fraction of sp³-hybridized carbons (Fsp3) is 0.381. The highest BCUT2D eigenvalue weighted by atomic mass is 79.9. The van der Waals surface area contributed by atoms with Gasteiger partial charge in [-0.15, -0.1) is 11.6 Å². The van der Waals surface area contributed by atoms with E-state index in [9.17, 15) is 4.79 Å². The molecule has 0 radical (unpaired) electrons. The van der Waals surface area contributed by atoms with Crippen LogP contribution in [-0.4, -0.2) is 23.3 Å². The number of anilines is 1. The highest BCUT2D eigenvalue weighted by Gasteiger charge is 2.62.